The van der Waals surface area contributed by atoms with Crippen molar-refractivity contribution >= 4 is 6.03 Å². The molecule has 2 aromatic rings. The van der Waals surface area contributed by atoms with Crippen molar-refractivity contribution in [2.75, 3.05) is 20.2 Å². The molecule has 0 saturated carbocycles. The maximum Gasteiger partial charge on any atom is 0.314 e. The number of hydrogen-bond donors (Lipinski definition) is 2. The van der Waals surface area contributed by atoms with Gasteiger partial charge >= 0.3 is 6.03 Å². The molecule has 0 spiro atoms. The van der Waals surface area contributed by atoms with Crippen LogP contribution in [0.4, 0.5) is 4.79 Å². The van der Waals surface area contributed by atoms with Gasteiger partial charge in [0.15, 0.2) is 0 Å². The van der Waals surface area contributed by atoms with E-state index in [1.165, 1.54) is 18.7 Å². The van der Waals surface area contributed by atoms with Crippen molar-refractivity contribution in [1.29, 1.82) is 0 Å². The average Bonchev–Trinajstić information content (AvgIpc) is 2.61. The number of carbonyl (C=O) groups is 1. The first-order valence-electron chi connectivity index (χ1n) is 8.41. The summed E-state index contributed by atoms with van der Waals surface area (Å²) < 4.78 is 6.68. The van der Waals surface area contributed by atoms with Gasteiger partial charge in [0.1, 0.15) is 5.75 Å². The molecule has 1 aromatic carbocycles. The maximum absolute atomic E-state index is 12.0. The van der Waals surface area contributed by atoms with Crippen LogP contribution in [0.25, 0.3) is 0 Å². The molecule has 0 aliphatic rings. The first kappa shape index (κ1) is 18.6. The molecule has 0 aliphatic heterocycles. The summed E-state index contributed by atoms with van der Waals surface area (Å²) in [7, 11) is 1.53. The van der Waals surface area contributed by atoms with Gasteiger partial charge in [-0.15, -0.1) is 0 Å². The van der Waals surface area contributed by atoms with Gasteiger partial charge in [0.25, 0.3) is 5.56 Å². The number of hydrogen-bond acceptors (Lipinski definition) is 3. The Morgan fingerprint density at radius 2 is 1.84 bits per heavy atom. The van der Waals surface area contributed by atoms with E-state index in [0.717, 1.165) is 18.5 Å². The number of amides is 2. The summed E-state index contributed by atoms with van der Waals surface area (Å²) in [6, 6.07) is 13.2. The molecule has 2 amide bonds. The van der Waals surface area contributed by atoms with E-state index >= 15 is 0 Å². The second-order valence-corrected chi connectivity index (χ2v) is 5.80. The molecule has 25 heavy (non-hydrogen) atoms. The van der Waals surface area contributed by atoms with Gasteiger partial charge in [-0.2, -0.15) is 0 Å². The van der Waals surface area contributed by atoms with Crippen LogP contribution >= 0.6 is 0 Å². The number of nitrogens with zero attached hydrogens (tertiary/aromatic N) is 1. The molecule has 2 N–H and O–H groups in total. The largest absolute Gasteiger partial charge is 0.496 e. The Hall–Kier alpha value is -2.76. The zero-order valence-corrected chi connectivity index (χ0v) is 14.7. The van der Waals surface area contributed by atoms with Crippen LogP contribution in [0, 0.1) is 6.92 Å². The SMILES string of the molecule is COc1cc(C)n(CCNC(=O)NCCCc2ccccc2)c(=O)c1. The normalized spacial score (nSPS) is 10.3. The van der Waals surface area contributed by atoms with Crippen molar-refractivity contribution in [3.63, 3.8) is 0 Å². The first-order valence-corrected chi connectivity index (χ1v) is 8.41. The summed E-state index contributed by atoms with van der Waals surface area (Å²) in [5, 5.41) is 5.60. The highest BCUT2D eigenvalue weighted by atomic mass is 16.5. The molecule has 0 unspecified atom stereocenters. The number of aryl methyl sites for hydroxylation is 2. The summed E-state index contributed by atoms with van der Waals surface area (Å²) >= 11 is 0. The highest BCUT2D eigenvalue weighted by Gasteiger charge is 2.05. The number of carbonyl (C=O) groups excluding carboxylic acids is 1. The lowest BCUT2D eigenvalue weighted by Gasteiger charge is -2.12. The number of ether oxygens (including phenoxy) is 1. The molecule has 6 nitrogen and oxygen atoms in total. The Bertz CT molecular complexity index is 741. The van der Waals surface area contributed by atoms with Crippen LogP contribution in [0.3, 0.4) is 0 Å². The molecule has 1 heterocycles. The van der Waals surface area contributed by atoms with Gasteiger partial charge < -0.3 is 19.9 Å². The van der Waals surface area contributed by atoms with E-state index < -0.39 is 0 Å². The minimum atomic E-state index is -0.215. The predicted octanol–water partition coefficient (Wildman–Crippen LogP) is 2.10. The second kappa shape index (κ2) is 9.52. The van der Waals surface area contributed by atoms with Crippen molar-refractivity contribution in [2.24, 2.45) is 0 Å². The Balaban J connectivity index is 1.68. The summed E-state index contributed by atoms with van der Waals surface area (Å²) in [5.41, 5.74) is 1.93. The van der Waals surface area contributed by atoms with Crippen molar-refractivity contribution in [1.82, 2.24) is 15.2 Å². The predicted molar refractivity (Wildman–Crippen MR) is 98.2 cm³/mol. The summed E-state index contributed by atoms with van der Waals surface area (Å²) in [6.45, 7) is 3.26. The van der Waals surface area contributed by atoms with Crippen LogP contribution in [0.15, 0.2) is 47.3 Å². The van der Waals surface area contributed by atoms with Crippen LogP contribution in [-0.2, 0) is 13.0 Å². The number of nitrogens with one attached hydrogen (secondary N) is 2. The smallest absolute Gasteiger partial charge is 0.314 e. The lowest BCUT2D eigenvalue weighted by molar-refractivity contribution is 0.240. The number of aromatic nitrogens is 1. The molecule has 0 atom stereocenters. The molecule has 0 saturated heterocycles. The van der Waals surface area contributed by atoms with Crippen molar-refractivity contribution < 1.29 is 9.53 Å². The Morgan fingerprint density at radius 3 is 2.52 bits per heavy atom. The van der Waals surface area contributed by atoms with E-state index in [1.807, 2.05) is 25.1 Å². The third kappa shape index (κ3) is 5.99. The monoisotopic (exact) mass is 343 g/mol. The van der Waals surface area contributed by atoms with E-state index in [9.17, 15) is 9.59 Å². The minimum Gasteiger partial charge on any atom is -0.496 e. The number of urea groups is 1. The van der Waals surface area contributed by atoms with Gasteiger partial charge in [0, 0.05) is 31.4 Å². The fraction of sp³-hybridized carbons (Fsp3) is 0.368. The number of benzene rings is 1. The topological polar surface area (TPSA) is 72.4 Å². The van der Waals surface area contributed by atoms with Crippen LogP contribution in [-0.4, -0.2) is 30.8 Å². The highest BCUT2D eigenvalue weighted by Crippen LogP contribution is 2.08. The van der Waals surface area contributed by atoms with Crippen LogP contribution in [0.2, 0.25) is 0 Å². The number of methoxy groups -OCH3 is 1. The van der Waals surface area contributed by atoms with Crippen LogP contribution < -0.4 is 20.9 Å². The van der Waals surface area contributed by atoms with Crippen LogP contribution in [0.1, 0.15) is 17.7 Å². The highest BCUT2D eigenvalue weighted by molar-refractivity contribution is 5.73. The molecule has 2 rings (SSSR count). The molecule has 1 aromatic heterocycles. The van der Waals surface area contributed by atoms with Gasteiger partial charge in [-0.1, -0.05) is 30.3 Å². The molecule has 134 valence electrons. The molecular formula is C19H25N3O3. The third-order valence-corrected chi connectivity index (χ3v) is 3.94. The maximum atomic E-state index is 12.0. The standard InChI is InChI=1S/C19H25N3O3/c1-15-13-17(25-2)14-18(23)22(15)12-11-21-19(24)20-10-6-9-16-7-4-3-5-8-16/h3-5,7-8,13-14H,6,9-12H2,1-2H3,(H2,20,21,24). The van der Waals surface area contributed by atoms with Gasteiger partial charge in [-0.3, -0.25) is 4.79 Å². The Kier molecular flexibility index (Phi) is 7.07. The lowest BCUT2D eigenvalue weighted by atomic mass is 10.1. The van der Waals surface area contributed by atoms with E-state index in [4.69, 9.17) is 4.74 Å². The van der Waals surface area contributed by atoms with Crippen molar-refractivity contribution in [3.05, 3.63) is 64.1 Å². The second-order valence-electron chi connectivity index (χ2n) is 5.80. The zero-order chi connectivity index (χ0) is 18.1. The number of rotatable bonds is 8. The Morgan fingerprint density at radius 1 is 1.12 bits per heavy atom. The summed E-state index contributed by atoms with van der Waals surface area (Å²) in [5.74, 6) is 0.544. The van der Waals surface area contributed by atoms with E-state index in [-0.39, 0.29) is 11.6 Å². The summed E-state index contributed by atoms with van der Waals surface area (Å²) in [4.78, 5) is 23.8. The lowest BCUT2D eigenvalue weighted by Crippen LogP contribution is -2.39. The molecule has 0 bridgehead atoms. The van der Waals surface area contributed by atoms with E-state index in [0.29, 0.717) is 25.4 Å². The van der Waals surface area contributed by atoms with Crippen molar-refractivity contribution in [2.45, 2.75) is 26.3 Å². The minimum absolute atomic E-state index is 0.137. The van der Waals surface area contributed by atoms with Crippen molar-refractivity contribution in [3.8, 4) is 5.75 Å². The first-order chi connectivity index (χ1) is 12.1. The molecule has 0 aliphatic carbocycles. The molecule has 6 heteroatoms. The van der Waals surface area contributed by atoms with Gasteiger partial charge in [0.05, 0.1) is 7.11 Å². The third-order valence-electron chi connectivity index (χ3n) is 3.94. The van der Waals surface area contributed by atoms with Gasteiger partial charge in [0.2, 0.25) is 0 Å². The molecule has 0 radical (unpaired) electrons. The number of pyridine rings is 1. The fourth-order valence-corrected chi connectivity index (χ4v) is 2.59. The zero-order valence-electron chi connectivity index (χ0n) is 14.7. The van der Waals surface area contributed by atoms with Gasteiger partial charge in [-0.25, -0.2) is 4.79 Å². The molecule has 0 fully saturated rings. The fourth-order valence-electron chi connectivity index (χ4n) is 2.59. The van der Waals surface area contributed by atoms with Crippen LogP contribution in [0.5, 0.6) is 5.75 Å². The average molecular weight is 343 g/mol. The van der Waals surface area contributed by atoms with E-state index in [1.54, 1.807) is 10.6 Å². The Labute approximate surface area is 147 Å². The van der Waals surface area contributed by atoms with Gasteiger partial charge in [-0.05, 0) is 31.4 Å². The quantitative estimate of drug-likeness (QED) is 0.721. The van der Waals surface area contributed by atoms with E-state index in [2.05, 4.69) is 22.8 Å². The molecular weight excluding hydrogens is 318 g/mol. The summed E-state index contributed by atoms with van der Waals surface area (Å²) in [6.07, 6.45) is 1.82.